The van der Waals surface area contributed by atoms with E-state index < -0.39 is 6.23 Å². The summed E-state index contributed by atoms with van der Waals surface area (Å²) < 4.78 is 2.30. The van der Waals surface area contributed by atoms with E-state index >= 15 is 0 Å². The zero-order valence-electron chi connectivity index (χ0n) is 27.8. The normalized spacial score (nSPS) is 14.1. The monoisotopic (exact) mass is 646 g/mol. The predicted octanol–water partition coefficient (Wildman–Crippen LogP) is 11.1. The van der Waals surface area contributed by atoms with Crippen LogP contribution in [-0.2, 0) is 0 Å². The van der Waals surface area contributed by atoms with Gasteiger partial charge in [0.15, 0.2) is 6.23 Å². The van der Waals surface area contributed by atoms with Gasteiger partial charge in [0.1, 0.15) is 0 Å². The van der Waals surface area contributed by atoms with Gasteiger partial charge in [-0.05, 0) is 59.9 Å². The van der Waals surface area contributed by atoms with E-state index in [0.717, 1.165) is 60.9 Å². The van der Waals surface area contributed by atoms with Gasteiger partial charge in [0.25, 0.3) is 5.91 Å². The lowest BCUT2D eigenvalue weighted by molar-refractivity contribution is 0.0935. The maximum Gasteiger partial charge on any atom is 0.261 e. The molecule has 2 heterocycles. The number of fused-ring (bicyclic) bond motifs is 4. The highest BCUT2D eigenvalue weighted by Gasteiger charge is 2.40. The maximum atomic E-state index is 14.5. The number of hydrogen-bond donors (Lipinski definition) is 1. The van der Waals surface area contributed by atoms with E-state index in [4.69, 9.17) is 0 Å². The summed E-state index contributed by atoms with van der Waals surface area (Å²) in [6.07, 6.45) is -1.21. The van der Waals surface area contributed by atoms with Crippen molar-refractivity contribution in [1.82, 2.24) is 4.57 Å². The maximum absolute atomic E-state index is 14.5. The molecule has 8 aromatic rings. The third kappa shape index (κ3) is 4.46. The molecule has 4 nitrogen and oxygen atoms in total. The van der Waals surface area contributed by atoms with Gasteiger partial charge in [-0.15, -0.1) is 0 Å². The number of benzene rings is 7. The molecule has 0 spiro atoms. The number of amides is 1. The van der Waals surface area contributed by atoms with Crippen LogP contribution in [-0.4, -0.2) is 15.6 Å². The first-order valence-corrected chi connectivity index (χ1v) is 17.0. The van der Waals surface area contributed by atoms with Crippen LogP contribution in [0.1, 0.15) is 33.3 Å². The Hall–Kier alpha value is -6.23. The highest BCUT2D eigenvalue weighted by atomic mass is 16.3. The molecule has 1 aliphatic heterocycles. The van der Waals surface area contributed by atoms with E-state index in [1.807, 2.05) is 72.8 Å². The number of carbonyl (C=O) groups is 1. The Bertz CT molecular complexity index is 2510. The van der Waals surface area contributed by atoms with Gasteiger partial charge in [0.2, 0.25) is 0 Å². The van der Waals surface area contributed by atoms with Crippen LogP contribution in [0.3, 0.4) is 0 Å². The molecule has 0 saturated carbocycles. The lowest BCUT2D eigenvalue weighted by Crippen LogP contribution is -2.28. The fourth-order valence-corrected chi connectivity index (χ4v) is 7.90. The molecule has 1 aromatic heterocycles. The highest BCUT2D eigenvalue weighted by molar-refractivity contribution is 6.18. The number of anilines is 1. The lowest BCUT2D eigenvalue weighted by Gasteiger charge is -2.25. The smallest absolute Gasteiger partial charge is 0.261 e. The first-order valence-electron chi connectivity index (χ1n) is 17.0. The van der Waals surface area contributed by atoms with Gasteiger partial charge in [0, 0.05) is 38.6 Å². The average Bonchev–Trinajstić information content (AvgIpc) is 3.63. The molecule has 0 radical (unpaired) electrons. The van der Waals surface area contributed by atoms with Crippen molar-refractivity contribution in [1.29, 1.82) is 0 Å². The molecular weight excluding hydrogens is 613 g/mol. The van der Waals surface area contributed by atoms with Gasteiger partial charge in [0.05, 0.1) is 22.4 Å². The van der Waals surface area contributed by atoms with Crippen molar-refractivity contribution in [3.63, 3.8) is 0 Å². The second-order valence-electron chi connectivity index (χ2n) is 13.0. The number of aliphatic hydroxyl groups is 1. The average molecular weight is 647 g/mol. The van der Waals surface area contributed by atoms with Crippen LogP contribution < -0.4 is 4.90 Å². The van der Waals surface area contributed by atoms with E-state index in [1.54, 1.807) is 4.90 Å². The Morgan fingerprint density at radius 1 is 0.460 bits per heavy atom. The fourth-order valence-electron chi connectivity index (χ4n) is 7.90. The van der Waals surface area contributed by atoms with E-state index in [0.29, 0.717) is 16.8 Å². The Morgan fingerprint density at radius 3 is 1.52 bits per heavy atom. The summed E-state index contributed by atoms with van der Waals surface area (Å²) in [6.45, 7) is 4.29. The summed E-state index contributed by atoms with van der Waals surface area (Å²) in [4.78, 5) is 16.0. The van der Waals surface area contributed by atoms with E-state index in [-0.39, 0.29) is 5.91 Å². The molecule has 7 aromatic carbocycles. The molecule has 1 atom stereocenters. The number of aryl methyl sites for hydroxylation is 2. The molecule has 0 fully saturated rings. The summed E-state index contributed by atoms with van der Waals surface area (Å²) >= 11 is 0. The topological polar surface area (TPSA) is 45.5 Å². The van der Waals surface area contributed by atoms with Gasteiger partial charge >= 0.3 is 0 Å². The van der Waals surface area contributed by atoms with Gasteiger partial charge in [-0.2, -0.15) is 0 Å². The first-order chi connectivity index (χ1) is 24.5. The quantitative estimate of drug-likeness (QED) is 0.202. The van der Waals surface area contributed by atoms with Crippen LogP contribution in [0.5, 0.6) is 0 Å². The minimum Gasteiger partial charge on any atom is -0.369 e. The third-order valence-corrected chi connectivity index (χ3v) is 10.2. The van der Waals surface area contributed by atoms with Crippen LogP contribution in [0.2, 0.25) is 0 Å². The zero-order chi connectivity index (χ0) is 33.9. The SMILES string of the molecule is Cc1ccccc1-c1cccc2c3cccc(-c4ccccc4C)c3n(-c3cccc4c3C(O)N(c3ccccc3-c3ccccc3)C4=O)c12. The summed E-state index contributed by atoms with van der Waals surface area (Å²) in [5, 5.41) is 14.6. The number of para-hydroxylation sites is 3. The zero-order valence-corrected chi connectivity index (χ0v) is 27.8. The summed E-state index contributed by atoms with van der Waals surface area (Å²) in [7, 11) is 0. The summed E-state index contributed by atoms with van der Waals surface area (Å²) in [6, 6.07) is 53.6. The van der Waals surface area contributed by atoms with Gasteiger partial charge in [-0.25, -0.2) is 0 Å². The fraction of sp³-hybridized carbons (Fsp3) is 0.0652. The highest BCUT2D eigenvalue weighted by Crippen LogP contribution is 2.47. The van der Waals surface area contributed by atoms with Crippen molar-refractivity contribution in [3.8, 4) is 39.1 Å². The molecule has 1 N–H and O–H groups in total. The number of carbonyl (C=O) groups excluding carboxylic acids is 1. The molecular formula is C46H34N2O2. The van der Waals surface area contributed by atoms with Crippen LogP contribution >= 0.6 is 0 Å². The first kappa shape index (κ1) is 29.9. The number of nitrogens with zero attached hydrogens (tertiary/aromatic N) is 2. The largest absolute Gasteiger partial charge is 0.369 e. The molecule has 1 amide bonds. The third-order valence-electron chi connectivity index (χ3n) is 10.2. The standard InChI is InChI=1S/C46H34N2O2/c1-29-15-6-8-19-32(29)35-22-12-24-37-38-25-13-23-36(33-20-9-7-16-30(33)2)44(38)47(43(35)37)41-28-14-26-39-42(41)46(50)48(45(39)49)40-27-11-10-21-34(40)31-17-4-3-5-18-31/h3-28,46,50H,1-2H3. The summed E-state index contributed by atoms with van der Waals surface area (Å²) in [5.74, 6) is -0.225. The van der Waals surface area contributed by atoms with Gasteiger partial charge < -0.3 is 9.67 Å². The lowest BCUT2D eigenvalue weighted by atomic mass is 9.97. The van der Waals surface area contributed by atoms with Crippen molar-refractivity contribution in [3.05, 3.63) is 180 Å². The minimum atomic E-state index is -1.21. The Morgan fingerprint density at radius 2 is 0.920 bits per heavy atom. The molecule has 1 aliphatic rings. The minimum absolute atomic E-state index is 0.225. The van der Waals surface area contributed by atoms with Gasteiger partial charge in [-0.3, -0.25) is 9.69 Å². The van der Waals surface area contributed by atoms with Crippen molar-refractivity contribution < 1.29 is 9.90 Å². The van der Waals surface area contributed by atoms with E-state index in [9.17, 15) is 9.90 Å². The van der Waals surface area contributed by atoms with Crippen LogP contribution in [0.4, 0.5) is 5.69 Å². The van der Waals surface area contributed by atoms with Crippen molar-refractivity contribution >= 4 is 33.4 Å². The van der Waals surface area contributed by atoms with Crippen LogP contribution in [0.25, 0.3) is 60.9 Å². The second-order valence-corrected chi connectivity index (χ2v) is 13.0. The predicted molar refractivity (Wildman–Crippen MR) is 205 cm³/mol. The van der Waals surface area contributed by atoms with E-state index in [2.05, 4.69) is 103 Å². The molecule has 9 rings (SSSR count). The Balaban J connectivity index is 1.37. The Labute approximate surface area is 291 Å². The molecule has 4 heteroatoms. The number of rotatable bonds is 5. The number of hydrogen-bond acceptors (Lipinski definition) is 2. The number of aromatic nitrogens is 1. The van der Waals surface area contributed by atoms with E-state index in [1.165, 1.54) is 11.1 Å². The van der Waals surface area contributed by atoms with Crippen LogP contribution in [0, 0.1) is 13.8 Å². The Kier molecular flexibility index (Phi) is 7.01. The molecule has 50 heavy (non-hydrogen) atoms. The molecule has 240 valence electrons. The molecule has 0 bridgehead atoms. The molecule has 0 aliphatic carbocycles. The molecule has 0 saturated heterocycles. The van der Waals surface area contributed by atoms with Crippen molar-refractivity contribution in [2.45, 2.75) is 20.1 Å². The summed E-state index contributed by atoms with van der Waals surface area (Å²) in [5.41, 5.74) is 13.3. The number of aliphatic hydroxyl groups excluding tert-OH is 1. The van der Waals surface area contributed by atoms with Gasteiger partial charge in [-0.1, -0.05) is 140 Å². The van der Waals surface area contributed by atoms with Crippen LogP contribution in [0.15, 0.2) is 158 Å². The molecule has 1 unspecified atom stereocenters. The van der Waals surface area contributed by atoms with Crippen molar-refractivity contribution in [2.75, 3.05) is 4.90 Å². The second kappa shape index (κ2) is 11.7. The van der Waals surface area contributed by atoms with Crippen molar-refractivity contribution in [2.24, 2.45) is 0 Å².